The van der Waals surface area contributed by atoms with Crippen LogP contribution in [0.2, 0.25) is 0 Å². The molecule has 0 amide bonds. The molecule has 0 spiro atoms. The van der Waals surface area contributed by atoms with E-state index in [2.05, 4.69) is 0 Å². The van der Waals surface area contributed by atoms with Gasteiger partial charge < -0.3 is 16.6 Å². The lowest BCUT2D eigenvalue weighted by atomic mass is 9.84. The Labute approximate surface area is 60.2 Å². The van der Waals surface area contributed by atoms with Crippen LogP contribution >= 0.6 is 0 Å². The predicted octanol–water partition coefficient (Wildman–Crippen LogP) is -0.617. The lowest BCUT2D eigenvalue weighted by Crippen LogP contribution is -2.48. The van der Waals surface area contributed by atoms with Gasteiger partial charge in [-0.3, -0.25) is 4.79 Å². The molecule has 0 saturated heterocycles. The first kappa shape index (κ1) is 9.39. The summed E-state index contributed by atoms with van der Waals surface area (Å²) in [5.41, 5.74) is 9.68. The molecule has 2 atom stereocenters. The Balaban J connectivity index is 4.38. The van der Waals surface area contributed by atoms with E-state index >= 15 is 0 Å². The van der Waals surface area contributed by atoms with Crippen molar-refractivity contribution in [2.24, 2.45) is 16.9 Å². The maximum absolute atomic E-state index is 10.5. The molecule has 0 heterocycles. The van der Waals surface area contributed by atoms with Crippen LogP contribution in [0.15, 0.2) is 0 Å². The molecule has 0 aromatic carbocycles. The summed E-state index contributed by atoms with van der Waals surface area (Å²) in [4.78, 5) is 10.5. The normalized spacial score (nSPS) is 19.6. The minimum Gasteiger partial charge on any atom is -0.481 e. The highest BCUT2D eigenvalue weighted by atomic mass is 16.4. The van der Waals surface area contributed by atoms with Gasteiger partial charge in [0.2, 0.25) is 0 Å². The number of carboxylic acids is 1. The van der Waals surface area contributed by atoms with Crippen LogP contribution in [0.1, 0.15) is 13.8 Å². The molecule has 0 fully saturated rings. The van der Waals surface area contributed by atoms with Gasteiger partial charge in [-0.15, -0.1) is 0 Å². The van der Waals surface area contributed by atoms with Crippen molar-refractivity contribution in [2.45, 2.75) is 19.9 Å². The van der Waals surface area contributed by atoms with Gasteiger partial charge in [0.25, 0.3) is 0 Å². The number of nitrogens with two attached hydrogens (primary N) is 2. The molecular formula is C6H14N2O2. The Hall–Kier alpha value is -0.610. The number of carboxylic acid groups (broad SMARTS) is 1. The molecule has 0 radical (unpaired) electrons. The molecule has 60 valence electrons. The molecule has 10 heavy (non-hydrogen) atoms. The molecule has 0 aliphatic heterocycles. The third-order valence-electron chi connectivity index (χ3n) is 1.92. The number of hydrogen-bond acceptors (Lipinski definition) is 3. The molecule has 0 aliphatic rings. The van der Waals surface area contributed by atoms with Crippen molar-refractivity contribution in [3.63, 3.8) is 0 Å². The van der Waals surface area contributed by atoms with E-state index in [1.165, 1.54) is 0 Å². The van der Waals surface area contributed by atoms with Gasteiger partial charge in [0, 0.05) is 12.6 Å². The van der Waals surface area contributed by atoms with Crippen LogP contribution < -0.4 is 11.5 Å². The zero-order chi connectivity index (χ0) is 8.36. The van der Waals surface area contributed by atoms with Crippen LogP contribution in [0.5, 0.6) is 0 Å². The fourth-order valence-corrected chi connectivity index (χ4v) is 0.468. The summed E-state index contributed by atoms with van der Waals surface area (Å²) >= 11 is 0. The number of carbonyl (C=O) groups is 1. The Bertz CT molecular complexity index is 136. The van der Waals surface area contributed by atoms with E-state index in [1.54, 1.807) is 13.8 Å². The summed E-state index contributed by atoms with van der Waals surface area (Å²) in [6.07, 6.45) is 0. The Morgan fingerprint density at radius 3 is 2.20 bits per heavy atom. The fraction of sp³-hybridized carbons (Fsp3) is 0.833. The zero-order valence-electron chi connectivity index (χ0n) is 6.29. The molecule has 0 aromatic rings. The van der Waals surface area contributed by atoms with Gasteiger partial charge in [0.1, 0.15) is 0 Å². The Morgan fingerprint density at radius 1 is 1.80 bits per heavy atom. The first-order chi connectivity index (χ1) is 4.45. The van der Waals surface area contributed by atoms with Gasteiger partial charge in [0.15, 0.2) is 0 Å². The molecule has 0 saturated carbocycles. The van der Waals surface area contributed by atoms with Crippen molar-refractivity contribution >= 4 is 5.97 Å². The number of rotatable bonds is 3. The molecule has 0 aromatic heterocycles. The minimum absolute atomic E-state index is 0.0694. The maximum Gasteiger partial charge on any atom is 0.312 e. The van der Waals surface area contributed by atoms with E-state index < -0.39 is 17.4 Å². The van der Waals surface area contributed by atoms with Gasteiger partial charge in [-0.05, 0) is 13.8 Å². The Morgan fingerprint density at radius 2 is 2.20 bits per heavy atom. The number of hydrogen-bond donors (Lipinski definition) is 3. The first-order valence-corrected chi connectivity index (χ1v) is 3.14. The lowest BCUT2D eigenvalue weighted by molar-refractivity contribution is -0.148. The summed E-state index contributed by atoms with van der Waals surface area (Å²) in [6.45, 7) is 3.25. The summed E-state index contributed by atoms with van der Waals surface area (Å²) in [7, 11) is 0. The van der Waals surface area contributed by atoms with Crippen LogP contribution in [0.4, 0.5) is 0 Å². The first-order valence-electron chi connectivity index (χ1n) is 3.14. The van der Waals surface area contributed by atoms with E-state index in [9.17, 15) is 4.79 Å². The maximum atomic E-state index is 10.5. The molecule has 4 nitrogen and oxygen atoms in total. The van der Waals surface area contributed by atoms with Crippen molar-refractivity contribution < 1.29 is 9.90 Å². The standard InChI is InChI=1S/C6H14N2O2/c1-4(8)6(2,3-7)5(9)10/h4H,3,7-8H2,1-2H3,(H,9,10)/t4-,6+/m1/s1. The second-order valence-corrected chi connectivity index (χ2v) is 2.72. The van der Waals surface area contributed by atoms with Gasteiger partial charge in [0.05, 0.1) is 5.41 Å². The predicted molar refractivity (Wildman–Crippen MR) is 38.4 cm³/mol. The molecule has 0 unspecified atom stereocenters. The van der Waals surface area contributed by atoms with Crippen LogP contribution in [-0.4, -0.2) is 23.7 Å². The smallest absolute Gasteiger partial charge is 0.312 e. The van der Waals surface area contributed by atoms with Crippen molar-refractivity contribution in [3.05, 3.63) is 0 Å². The van der Waals surface area contributed by atoms with Crippen molar-refractivity contribution in [1.29, 1.82) is 0 Å². The van der Waals surface area contributed by atoms with E-state index in [0.717, 1.165) is 0 Å². The summed E-state index contributed by atoms with van der Waals surface area (Å²) in [6, 6.07) is -0.421. The molecule has 4 heteroatoms. The average molecular weight is 146 g/mol. The van der Waals surface area contributed by atoms with Crippen molar-refractivity contribution in [1.82, 2.24) is 0 Å². The van der Waals surface area contributed by atoms with Crippen LogP contribution in [0.3, 0.4) is 0 Å². The largest absolute Gasteiger partial charge is 0.481 e. The Kier molecular flexibility index (Phi) is 2.80. The molecule has 0 aliphatic carbocycles. The zero-order valence-corrected chi connectivity index (χ0v) is 6.29. The summed E-state index contributed by atoms with van der Waals surface area (Å²) in [5, 5.41) is 8.64. The fourth-order valence-electron chi connectivity index (χ4n) is 0.468. The van der Waals surface area contributed by atoms with E-state index in [4.69, 9.17) is 16.6 Å². The minimum atomic E-state index is -0.986. The average Bonchev–Trinajstić information content (AvgIpc) is 1.85. The molecule has 0 rings (SSSR count). The number of aliphatic carboxylic acids is 1. The van der Waals surface area contributed by atoms with Gasteiger partial charge in [-0.1, -0.05) is 0 Å². The van der Waals surface area contributed by atoms with Crippen molar-refractivity contribution in [2.75, 3.05) is 6.54 Å². The van der Waals surface area contributed by atoms with E-state index in [1.807, 2.05) is 0 Å². The van der Waals surface area contributed by atoms with Crippen LogP contribution in [0, 0.1) is 5.41 Å². The molecular weight excluding hydrogens is 132 g/mol. The molecule has 5 N–H and O–H groups in total. The van der Waals surface area contributed by atoms with E-state index in [0.29, 0.717) is 0 Å². The van der Waals surface area contributed by atoms with Crippen LogP contribution in [0.25, 0.3) is 0 Å². The third kappa shape index (κ3) is 1.46. The monoisotopic (exact) mass is 146 g/mol. The quantitative estimate of drug-likeness (QED) is 0.495. The lowest BCUT2D eigenvalue weighted by Gasteiger charge is -2.26. The third-order valence-corrected chi connectivity index (χ3v) is 1.92. The van der Waals surface area contributed by atoms with E-state index in [-0.39, 0.29) is 6.54 Å². The highest BCUT2D eigenvalue weighted by Crippen LogP contribution is 2.17. The topological polar surface area (TPSA) is 89.3 Å². The highest BCUT2D eigenvalue weighted by molar-refractivity contribution is 5.75. The second kappa shape index (κ2) is 2.98. The summed E-state index contributed by atoms with van der Waals surface area (Å²) < 4.78 is 0. The highest BCUT2D eigenvalue weighted by Gasteiger charge is 2.35. The van der Waals surface area contributed by atoms with Crippen molar-refractivity contribution in [3.8, 4) is 0 Å². The van der Waals surface area contributed by atoms with Gasteiger partial charge in [-0.2, -0.15) is 0 Å². The van der Waals surface area contributed by atoms with Gasteiger partial charge in [-0.25, -0.2) is 0 Å². The SMILES string of the molecule is C[C@@H](N)[C@](C)(CN)C(=O)O. The summed E-state index contributed by atoms with van der Waals surface area (Å²) in [5.74, 6) is -0.940. The molecule has 0 bridgehead atoms. The van der Waals surface area contributed by atoms with Gasteiger partial charge >= 0.3 is 5.97 Å². The van der Waals surface area contributed by atoms with Crippen LogP contribution in [-0.2, 0) is 4.79 Å². The second-order valence-electron chi connectivity index (χ2n) is 2.72.